The van der Waals surface area contributed by atoms with E-state index in [1.165, 1.54) is 17.0 Å². The van der Waals surface area contributed by atoms with Crippen molar-refractivity contribution in [3.05, 3.63) is 55.7 Å². The zero-order valence-corrected chi connectivity index (χ0v) is 13.0. The van der Waals surface area contributed by atoms with Gasteiger partial charge in [0.25, 0.3) is 0 Å². The van der Waals surface area contributed by atoms with Gasteiger partial charge in [-0.25, -0.2) is 8.78 Å². The third kappa shape index (κ3) is 3.04. The summed E-state index contributed by atoms with van der Waals surface area (Å²) in [6.45, 7) is 2.07. The summed E-state index contributed by atoms with van der Waals surface area (Å²) < 4.78 is 27.8. The van der Waals surface area contributed by atoms with Crippen molar-refractivity contribution in [2.24, 2.45) is 0 Å². The van der Waals surface area contributed by atoms with E-state index >= 15 is 0 Å². The predicted molar refractivity (Wildman–Crippen MR) is 78.7 cm³/mol. The van der Waals surface area contributed by atoms with E-state index in [4.69, 9.17) is 0 Å². The Balaban J connectivity index is 2.44. The van der Waals surface area contributed by atoms with Crippen molar-refractivity contribution in [2.75, 3.05) is 7.05 Å². The van der Waals surface area contributed by atoms with E-state index in [0.29, 0.717) is 5.56 Å². The highest BCUT2D eigenvalue weighted by Crippen LogP contribution is 2.32. The van der Waals surface area contributed by atoms with Crippen molar-refractivity contribution < 1.29 is 8.78 Å². The quantitative estimate of drug-likeness (QED) is 0.794. The minimum absolute atomic E-state index is 0.143. The largest absolute Gasteiger partial charge is 0.309 e. The molecular weight excluding hydrogens is 332 g/mol. The molecular formula is C14H14BrF2NS. The van der Waals surface area contributed by atoms with Crippen molar-refractivity contribution in [1.82, 2.24) is 5.32 Å². The van der Waals surface area contributed by atoms with Crippen LogP contribution >= 0.6 is 27.3 Å². The molecule has 1 heterocycles. The van der Waals surface area contributed by atoms with Crippen LogP contribution in [0.1, 0.15) is 28.3 Å². The Kier molecular flexibility index (Phi) is 4.71. The smallest absolute Gasteiger partial charge is 0.137 e. The van der Waals surface area contributed by atoms with E-state index in [1.54, 1.807) is 18.4 Å². The average Bonchev–Trinajstić information content (AvgIpc) is 2.85. The molecule has 5 heteroatoms. The fourth-order valence-corrected chi connectivity index (χ4v) is 3.35. The standard InChI is InChI=1S/C14H14BrF2NS/c1-3-8-4-5-13(19-8)14(18-2)9-6-12(17)10(15)7-11(9)16/h4-7,14,18H,3H2,1-2H3. The molecule has 1 nitrogen and oxygen atoms in total. The second kappa shape index (κ2) is 6.11. The van der Waals surface area contributed by atoms with Crippen molar-refractivity contribution in [1.29, 1.82) is 0 Å². The zero-order valence-electron chi connectivity index (χ0n) is 10.6. The van der Waals surface area contributed by atoms with Gasteiger partial charge >= 0.3 is 0 Å². The van der Waals surface area contributed by atoms with Crippen LogP contribution in [0.5, 0.6) is 0 Å². The van der Waals surface area contributed by atoms with Crippen LogP contribution < -0.4 is 5.32 Å². The maximum atomic E-state index is 14.0. The minimum atomic E-state index is -0.455. The topological polar surface area (TPSA) is 12.0 Å². The molecule has 0 amide bonds. The van der Waals surface area contributed by atoms with E-state index in [9.17, 15) is 8.78 Å². The monoisotopic (exact) mass is 345 g/mol. The number of rotatable bonds is 4. The van der Waals surface area contributed by atoms with Gasteiger partial charge in [0.05, 0.1) is 10.5 Å². The van der Waals surface area contributed by atoms with Gasteiger partial charge in [0.2, 0.25) is 0 Å². The first-order valence-electron chi connectivity index (χ1n) is 5.97. The SMILES string of the molecule is CCc1ccc(C(NC)c2cc(F)c(Br)cc2F)s1. The molecule has 0 spiro atoms. The van der Waals surface area contributed by atoms with Crippen LogP contribution in [0.15, 0.2) is 28.7 Å². The van der Waals surface area contributed by atoms with Gasteiger partial charge in [-0.05, 0) is 53.7 Å². The molecule has 0 fully saturated rings. The van der Waals surface area contributed by atoms with Gasteiger partial charge < -0.3 is 5.32 Å². The Morgan fingerprint density at radius 1 is 1.26 bits per heavy atom. The number of hydrogen-bond acceptors (Lipinski definition) is 2. The summed E-state index contributed by atoms with van der Waals surface area (Å²) in [5.41, 5.74) is 0.327. The van der Waals surface area contributed by atoms with Gasteiger partial charge in [-0.3, -0.25) is 0 Å². The molecule has 1 N–H and O–H groups in total. The summed E-state index contributed by atoms with van der Waals surface area (Å²) in [5.74, 6) is -0.872. The molecule has 2 rings (SSSR count). The van der Waals surface area contributed by atoms with Gasteiger partial charge in [0.1, 0.15) is 11.6 Å². The van der Waals surface area contributed by atoms with Crippen LogP contribution in [-0.4, -0.2) is 7.05 Å². The lowest BCUT2D eigenvalue weighted by molar-refractivity contribution is 0.557. The molecule has 102 valence electrons. The van der Waals surface area contributed by atoms with Crippen LogP contribution in [0.4, 0.5) is 8.78 Å². The predicted octanol–water partition coefficient (Wildman–Crippen LogP) is 4.66. The van der Waals surface area contributed by atoms with Crippen LogP contribution in [-0.2, 0) is 6.42 Å². The van der Waals surface area contributed by atoms with Crippen LogP contribution in [0, 0.1) is 11.6 Å². The molecule has 0 aliphatic heterocycles. The Morgan fingerprint density at radius 3 is 2.58 bits per heavy atom. The highest BCUT2D eigenvalue weighted by Gasteiger charge is 2.20. The fourth-order valence-electron chi connectivity index (χ4n) is 1.95. The molecule has 2 aromatic rings. The molecule has 0 aliphatic rings. The number of thiophene rings is 1. The van der Waals surface area contributed by atoms with Gasteiger partial charge in [-0.15, -0.1) is 11.3 Å². The Labute approximate surface area is 123 Å². The number of hydrogen-bond donors (Lipinski definition) is 1. The molecule has 0 radical (unpaired) electrons. The third-order valence-corrected chi connectivity index (χ3v) is 4.86. The summed E-state index contributed by atoms with van der Waals surface area (Å²) in [5, 5.41) is 3.05. The maximum absolute atomic E-state index is 14.0. The Hall–Kier alpha value is -0.780. The fraction of sp³-hybridized carbons (Fsp3) is 0.286. The lowest BCUT2D eigenvalue weighted by atomic mass is 10.0. The third-order valence-electron chi connectivity index (χ3n) is 2.95. The maximum Gasteiger partial charge on any atom is 0.137 e. The molecule has 1 aromatic carbocycles. The van der Waals surface area contributed by atoms with Crippen molar-refractivity contribution >= 4 is 27.3 Å². The Morgan fingerprint density at radius 2 is 2.00 bits per heavy atom. The van der Waals surface area contributed by atoms with E-state index < -0.39 is 11.6 Å². The number of halogens is 3. The summed E-state index contributed by atoms with van der Waals surface area (Å²) in [7, 11) is 1.75. The molecule has 1 aromatic heterocycles. The molecule has 1 unspecified atom stereocenters. The van der Waals surface area contributed by atoms with Crippen LogP contribution in [0.25, 0.3) is 0 Å². The van der Waals surface area contributed by atoms with E-state index in [0.717, 1.165) is 11.3 Å². The summed E-state index contributed by atoms with van der Waals surface area (Å²) in [4.78, 5) is 2.22. The van der Waals surface area contributed by atoms with E-state index in [-0.39, 0.29) is 10.5 Å². The second-order valence-electron chi connectivity index (χ2n) is 4.17. The first-order valence-corrected chi connectivity index (χ1v) is 7.58. The normalized spacial score (nSPS) is 12.7. The first kappa shape index (κ1) is 14.6. The number of nitrogens with one attached hydrogen (secondary N) is 1. The minimum Gasteiger partial charge on any atom is -0.309 e. The molecule has 0 saturated carbocycles. The molecule has 19 heavy (non-hydrogen) atoms. The lowest BCUT2D eigenvalue weighted by Gasteiger charge is -2.16. The van der Waals surface area contributed by atoms with Gasteiger partial charge in [0, 0.05) is 15.3 Å². The van der Waals surface area contributed by atoms with Gasteiger partial charge in [0.15, 0.2) is 0 Å². The van der Waals surface area contributed by atoms with Crippen molar-refractivity contribution in [3.8, 4) is 0 Å². The van der Waals surface area contributed by atoms with Gasteiger partial charge in [-0.1, -0.05) is 6.92 Å². The van der Waals surface area contributed by atoms with E-state index in [1.807, 2.05) is 12.1 Å². The van der Waals surface area contributed by atoms with Gasteiger partial charge in [-0.2, -0.15) is 0 Å². The zero-order chi connectivity index (χ0) is 14.0. The van der Waals surface area contributed by atoms with Crippen LogP contribution in [0.3, 0.4) is 0 Å². The number of benzene rings is 1. The van der Waals surface area contributed by atoms with Crippen molar-refractivity contribution in [3.63, 3.8) is 0 Å². The highest BCUT2D eigenvalue weighted by atomic mass is 79.9. The average molecular weight is 346 g/mol. The molecule has 0 aliphatic carbocycles. The first-order chi connectivity index (χ1) is 9.06. The molecule has 0 saturated heterocycles. The molecule has 0 bridgehead atoms. The lowest BCUT2D eigenvalue weighted by Crippen LogP contribution is -2.18. The van der Waals surface area contributed by atoms with Crippen molar-refractivity contribution in [2.45, 2.75) is 19.4 Å². The summed E-state index contributed by atoms with van der Waals surface area (Å²) >= 11 is 4.61. The highest BCUT2D eigenvalue weighted by molar-refractivity contribution is 9.10. The van der Waals surface area contributed by atoms with E-state index in [2.05, 4.69) is 28.2 Å². The summed E-state index contributed by atoms with van der Waals surface area (Å²) in [6, 6.07) is 6.07. The van der Waals surface area contributed by atoms with Crippen LogP contribution in [0.2, 0.25) is 0 Å². The molecule has 1 atom stereocenters. The number of aryl methyl sites for hydroxylation is 1. The Bertz CT molecular complexity index is 583. The summed E-state index contributed by atoms with van der Waals surface area (Å²) in [6.07, 6.45) is 0.943. The second-order valence-corrected chi connectivity index (χ2v) is 6.22.